The summed E-state index contributed by atoms with van der Waals surface area (Å²) < 4.78 is 48.7. The van der Waals surface area contributed by atoms with E-state index in [4.69, 9.17) is 37.9 Å². The Morgan fingerprint density at radius 2 is 1.71 bits per heavy atom. The molecule has 0 radical (unpaired) electrons. The SMILES string of the molecule is CC12CCC34COC(=O)C5OC56COC5(C=CC=CC(=O)OC7CC(OC3C1O2)C1(CO1)C74C)C(C6)OC(=O)C5O. The topological polar surface area (TPSA) is 155 Å². The molecule has 220 valence electrons. The summed E-state index contributed by atoms with van der Waals surface area (Å²) in [6.45, 7) is 4.61. The number of carbonyl (C=O) groups is 3. The lowest BCUT2D eigenvalue weighted by Gasteiger charge is -2.58. The van der Waals surface area contributed by atoms with Crippen molar-refractivity contribution in [3.05, 3.63) is 24.3 Å². The fourth-order valence-corrected chi connectivity index (χ4v) is 9.27. The second kappa shape index (κ2) is 7.40. The van der Waals surface area contributed by atoms with Gasteiger partial charge in [-0.3, -0.25) is 0 Å². The van der Waals surface area contributed by atoms with Crippen LogP contribution in [0.1, 0.15) is 39.5 Å². The van der Waals surface area contributed by atoms with Crippen molar-refractivity contribution in [2.45, 2.75) is 105 Å². The van der Waals surface area contributed by atoms with Crippen LogP contribution in [0.3, 0.4) is 0 Å². The molecule has 12 heteroatoms. The van der Waals surface area contributed by atoms with E-state index in [0.29, 0.717) is 19.4 Å². The van der Waals surface area contributed by atoms with Crippen molar-refractivity contribution < 1.29 is 57.4 Å². The Balaban J connectivity index is 1.11. The summed E-state index contributed by atoms with van der Waals surface area (Å²) in [7, 11) is 0. The third-order valence-corrected chi connectivity index (χ3v) is 12.0. The van der Waals surface area contributed by atoms with E-state index in [1.54, 1.807) is 0 Å². The van der Waals surface area contributed by atoms with E-state index in [1.165, 1.54) is 24.3 Å². The predicted molar refractivity (Wildman–Crippen MR) is 131 cm³/mol. The highest BCUT2D eigenvalue weighted by molar-refractivity contribution is 5.83. The molecule has 4 bridgehead atoms. The molecule has 0 aromatic rings. The Hall–Kier alpha value is -2.35. The van der Waals surface area contributed by atoms with Crippen molar-refractivity contribution in [3.63, 3.8) is 0 Å². The minimum absolute atomic E-state index is 0.0179. The largest absolute Gasteiger partial charge is 0.463 e. The van der Waals surface area contributed by atoms with Crippen LogP contribution in [0.5, 0.6) is 0 Å². The number of esters is 3. The van der Waals surface area contributed by atoms with Gasteiger partial charge >= 0.3 is 17.9 Å². The first kappa shape index (κ1) is 25.2. The van der Waals surface area contributed by atoms with Crippen LogP contribution in [-0.4, -0.2) is 108 Å². The van der Waals surface area contributed by atoms with E-state index in [0.717, 1.165) is 6.42 Å². The Kier molecular flexibility index (Phi) is 4.55. The fraction of sp³-hybridized carbons (Fsp3) is 0.759. The van der Waals surface area contributed by atoms with Gasteiger partial charge in [-0.2, -0.15) is 0 Å². The zero-order chi connectivity index (χ0) is 28.2. The highest BCUT2D eigenvalue weighted by Crippen LogP contribution is 2.75. The maximum Gasteiger partial charge on any atom is 0.338 e. The molecule has 8 fully saturated rings. The Morgan fingerprint density at radius 1 is 0.878 bits per heavy atom. The molecule has 0 aromatic carbocycles. The molecule has 2 aliphatic carbocycles. The summed E-state index contributed by atoms with van der Waals surface area (Å²) in [4.78, 5) is 39.0. The van der Waals surface area contributed by atoms with E-state index in [2.05, 4.69) is 13.8 Å². The number of fused-ring (bicyclic) bond motifs is 8. The molecule has 10 rings (SSSR count). The molecule has 6 saturated heterocycles. The number of carbonyl (C=O) groups excluding carboxylic acids is 3. The molecular weight excluding hydrogens is 540 g/mol. The molecular formula is C29H32O12. The van der Waals surface area contributed by atoms with E-state index in [9.17, 15) is 19.5 Å². The summed E-state index contributed by atoms with van der Waals surface area (Å²) in [6, 6.07) is 0. The quantitative estimate of drug-likeness (QED) is 0.237. The minimum Gasteiger partial charge on any atom is -0.463 e. The lowest BCUT2D eigenvalue weighted by atomic mass is 9.50. The number of hydrogen-bond acceptors (Lipinski definition) is 12. The van der Waals surface area contributed by atoms with Crippen molar-refractivity contribution >= 4 is 17.9 Å². The first-order valence-corrected chi connectivity index (χ1v) is 14.4. The summed E-state index contributed by atoms with van der Waals surface area (Å²) >= 11 is 0. The van der Waals surface area contributed by atoms with E-state index >= 15 is 0 Å². The smallest absolute Gasteiger partial charge is 0.338 e. The summed E-state index contributed by atoms with van der Waals surface area (Å²) in [5, 5.41) is 10.7. The average molecular weight is 573 g/mol. The van der Waals surface area contributed by atoms with Crippen LogP contribution in [0.25, 0.3) is 0 Å². The van der Waals surface area contributed by atoms with Crippen LogP contribution in [0.15, 0.2) is 24.3 Å². The fourth-order valence-electron chi connectivity index (χ4n) is 9.27. The molecule has 41 heavy (non-hydrogen) atoms. The highest BCUT2D eigenvalue weighted by Gasteiger charge is 2.86. The van der Waals surface area contributed by atoms with Crippen molar-refractivity contribution in [2.24, 2.45) is 10.8 Å². The Bertz CT molecular complexity index is 1340. The predicted octanol–water partition coefficient (Wildman–Crippen LogP) is 0.0345. The number of aliphatic hydroxyl groups excluding tert-OH is 1. The van der Waals surface area contributed by atoms with Gasteiger partial charge in [0.05, 0.1) is 36.4 Å². The third kappa shape index (κ3) is 2.85. The van der Waals surface area contributed by atoms with Gasteiger partial charge in [0.1, 0.15) is 36.1 Å². The van der Waals surface area contributed by atoms with E-state index in [1.807, 2.05) is 0 Å². The molecule has 2 saturated carbocycles. The van der Waals surface area contributed by atoms with Crippen LogP contribution >= 0.6 is 0 Å². The molecule has 10 aliphatic rings. The van der Waals surface area contributed by atoms with Crippen molar-refractivity contribution in [1.29, 1.82) is 0 Å². The zero-order valence-corrected chi connectivity index (χ0v) is 22.7. The summed E-state index contributed by atoms with van der Waals surface area (Å²) in [5.74, 6) is -1.92. The number of allylic oxidation sites excluding steroid dienone is 2. The van der Waals surface area contributed by atoms with Crippen LogP contribution in [-0.2, 0) is 52.3 Å². The second-order valence-electron chi connectivity index (χ2n) is 13.7. The van der Waals surface area contributed by atoms with E-state index in [-0.39, 0.29) is 43.5 Å². The van der Waals surface area contributed by atoms with Crippen LogP contribution in [0.4, 0.5) is 0 Å². The number of epoxide rings is 3. The van der Waals surface area contributed by atoms with Gasteiger partial charge in [0, 0.05) is 24.3 Å². The van der Waals surface area contributed by atoms with Gasteiger partial charge < -0.3 is 43.0 Å². The Labute approximate surface area is 235 Å². The molecule has 13 unspecified atom stereocenters. The van der Waals surface area contributed by atoms with Gasteiger partial charge in [0.25, 0.3) is 0 Å². The van der Waals surface area contributed by atoms with Gasteiger partial charge in [0.2, 0.25) is 0 Å². The molecule has 13 atom stereocenters. The third-order valence-electron chi connectivity index (χ3n) is 12.0. The van der Waals surface area contributed by atoms with Crippen molar-refractivity contribution in [3.8, 4) is 0 Å². The van der Waals surface area contributed by atoms with Crippen molar-refractivity contribution in [2.75, 3.05) is 19.8 Å². The van der Waals surface area contributed by atoms with Crippen LogP contribution in [0, 0.1) is 10.8 Å². The molecule has 12 nitrogen and oxygen atoms in total. The van der Waals surface area contributed by atoms with Gasteiger partial charge in [-0.15, -0.1) is 0 Å². The lowest BCUT2D eigenvalue weighted by Crippen LogP contribution is -2.69. The maximum atomic E-state index is 13.6. The standard InChI is InChI=1S/C29H32O12/c1-24-7-8-26-11-34-23(33)21-27(41-21)10-16-28(35-12-27,18(31)22(32)39-16)6-4-3-5-17(30)37-14-9-15(38-20(26)19(24)40-24)29(13-36-29)25(14,26)2/h3-6,14-16,18-21,31H,7-13H2,1-2H3. The Morgan fingerprint density at radius 3 is 2.51 bits per heavy atom. The number of ether oxygens (including phenoxy) is 8. The molecule has 1 N–H and O–H groups in total. The lowest BCUT2D eigenvalue weighted by molar-refractivity contribution is -0.251. The highest BCUT2D eigenvalue weighted by atomic mass is 16.7. The number of hydrogen-bond donors (Lipinski definition) is 1. The zero-order valence-electron chi connectivity index (χ0n) is 22.7. The maximum absolute atomic E-state index is 13.6. The monoisotopic (exact) mass is 572 g/mol. The number of aliphatic hydroxyl groups is 1. The molecule has 4 spiro atoms. The molecule has 0 amide bonds. The molecule has 0 aromatic heterocycles. The van der Waals surface area contributed by atoms with Gasteiger partial charge in [-0.1, -0.05) is 19.1 Å². The van der Waals surface area contributed by atoms with Gasteiger partial charge in [-0.25, -0.2) is 14.4 Å². The number of rotatable bonds is 0. The normalized spacial score (nSPS) is 59.3. The van der Waals surface area contributed by atoms with Crippen LogP contribution in [0.2, 0.25) is 0 Å². The minimum atomic E-state index is -1.56. The van der Waals surface area contributed by atoms with Crippen LogP contribution < -0.4 is 0 Å². The van der Waals surface area contributed by atoms with Gasteiger partial charge in [-0.05, 0) is 25.8 Å². The van der Waals surface area contributed by atoms with Gasteiger partial charge in [0.15, 0.2) is 17.8 Å². The first-order chi connectivity index (χ1) is 19.5. The first-order valence-electron chi connectivity index (χ1n) is 14.4. The van der Waals surface area contributed by atoms with Crippen molar-refractivity contribution in [1.82, 2.24) is 0 Å². The summed E-state index contributed by atoms with van der Waals surface area (Å²) in [5.41, 5.74) is -4.86. The van der Waals surface area contributed by atoms with E-state index < -0.39 is 70.0 Å². The molecule has 8 heterocycles. The molecule has 8 aliphatic heterocycles. The average Bonchev–Trinajstić information content (AvgIpc) is 3.86. The second-order valence-corrected chi connectivity index (χ2v) is 13.7. The summed E-state index contributed by atoms with van der Waals surface area (Å²) in [6.07, 6.45) is 3.11.